The van der Waals surface area contributed by atoms with Gasteiger partial charge in [0.2, 0.25) is 0 Å². The molecule has 1 aromatic rings. The maximum absolute atomic E-state index is 11.3. The zero-order valence-electron chi connectivity index (χ0n) is 16.9. The first kappa shape index (κ1) is 20.8. The van der Waals surface area contributed by atoms with Crippen LogP contribution in [0, 0.1) is 6.92 Å². The van der Waals surface area contributed by atoms with E-state index in [1.54, 1.807) is 19.1 Å². The normalized spacial score (nSPS) is 18.6. The van der Waals surface area contributed by atoms with E-state index in [-0.39, 0.29) is 11.3 Å². The van der Waals surface area contributed by atoms with Gasteiger partial charge in [-0.3, -0.25) is 0 Å². The second-order valence-electron chi connectivity index (χ2n) is 7.79. The topological polar surface area (TPSA) is 66.8 Å². The van der Waals surface area contributed by atoms with Gasteiger partial charge in [0, 0.05) is 0 Å². The van der Waals surface area contributed by atoms with Crippen LogP contribution >= 0.6 is 0 Å². The van der Waals surface area contributed by atoms with Gasteiger partial charge in [-0.15, -0.1) is 0 Å². The van der Waals surface area contributed by atoms with E-state index in [2.05, 4.69) is 32.9 Å². The lowest BCUT2D eigenvalue weighted by molar-refractivity contribution is 0.0692. The lowest BCUT2D eigenvalue weighted by Gasteiger charge is -2.32. The molecule has 0 radical (unpaired) electrons. The number of carboxylic acids is 1. The minimum absolute atomic E-state index is 0.0690. The molecule has 1 unspecified atom stereocenters. The van der Waals surface area contributed by atoms with Crippen LogP contribution in [0.1, 0.15) is 74.9 Å². The Kier molecular flexibility index (Phi) is 6.53. The molecule has 1 aliphatic rings. The predicted octanol–water partition coefficient (Wildman–Crippen LogP) is 6.04. The van der Waals surface area contributed by atoms with Crippen LogP contribution in [0.25, 0.3) is 6.08 Å². The third-order valence-corrected chi connectivity index (χ3v) is 4.88. The van der Waals surface area contributed by atoms with Crippen LogP contribution in [0.4, 0.5) is 0 Å². The fourth-order valence-corrected chi connectivity index (χ4v) is 3.28. The lowest BCUT2D eigenvalue weighted by Crippen LogP contribution is -2.31. The van der Waals surface area contributed by atoms with Crippen molar-refractivity contribution in [3.63, 3.8) is 0 Å². The van der Waals surface area contributed by atoms with Gasteiger partial charge in [-0.2, -0.15) is 0 Å². The summed E-state index contributed by atoms with van der Waals surface area (Å²) < 4.78 is 6.13. The Morgan fingerprint density at radius 3 is 2.56 bits per heavy atom. The van der Waals surface area contributed by atoms with Crippen LogP contribution in [0.5, 0.6) is 11.5 Å². The van der Waals surface area contributed by atoms with Crippen molar-refractivity contribution >= 4 is 12.0 Å². The average Bonchev–Trinajstić information content (AvgIpc) is 2.53. The molecule has 1 aromatic carbocycles. The summed E-state index contributed by atoms with van der Waals surface area (Å²) in [4.78, 5) is 11.3. The van der Waals surface area contributed by atoms with Gasteiger partial charge < -0.3 is 14.9 Å². The van der Waals surface area contributed by atoms with Gasteiger partial charge in [0.05, 0.1) is 5.56 Å². The van der Waals surface area contributed by atoms with Crippen molar-refractivity contribution in [3.05, 3.63) is 52.1 Å². The van der Waals surface area contributed by atoms with Crippen LogP contribution in [-0.2, 0) is 0 Å². The van der Waals surface area contributed by atoms with Crippen LogP contribution in [-0.4, -0.2) is 21.8 Å². The maximum Gasteiger partial charge on any atom is 0.339 e. The number of ether oxygens (including phenoxy) is 1. The maximum atomic E-state index is 11.3. The van der Waals surface area contributed by atoms with Crippen LogP contribution < -0.4 is 4.74 Å². The highest BCUT2D eigenvalue weighted by Gasteiger charge is 2.30. The number of aromatic carboxylic acids is 1. The smallest absolute Gasteiger partial charge is 0.339 e. The monoisotopic (exact) mass is 370 g/mol. The Labute approximate surface area is 161 Å². The van der Waals surface area contributed by atoms with Gasteiger partial charge in [0.25, 0.3) is 0 Å². The zero-order chi connectivity index (χ0) is 20.2. The summed E-state index contributed by atoms with van der Waals surface area (Å²) in [5.41, 5.74) is 3.10. The quantitative estimate of drug-likeness (QED) is 0.575. The molecule has 4 nitrogen and oxygen atoms in total. The zero-order valence-corrected chi connectivity index (χ0v) is 16.9. The number of allylic oxidation sites excluding steroid dienone is 4. The first-order valence-corrected chi connectivity index (χ1v) is 9.40. The van der Waals surface area contributed by atoms with Crippen molar-refractivity contribution in [2.75, 3.05) is 0 Å². The number of aryl methyl sites for hydroxylation is 1. The summed E-state index contributed by atoms with van der Waals surface area (Å²) in [5.74, 6) is -0.835. The highest BCUT2D eigenvalue weighted by molar-refractivity contribution is 5.95. The molecule has 0 saturated carbocycles. The van der Waals surface area contributed by atoms with Crippen molar-refractivity contribution in [1.29, 1.82) is 0 Å². The van der Waals surface area contributed by atoms with Gasteiger partial charge in [-0.05, 0) is 84.1 Å². The third kappa shape index (κ3) is 5.25. The molecular weight excluding hydrogens is 340 g/mol. The van der Waals surface area contributed by atoms with Gasteiger partial charge >= 0.3 is 5.97 Å². The van der Waals surface area contributed by atoms with Gasteiger partial charge in [-0.25, -0.2) is 4.79 Å². The molecule has 0 amide bonds. The Balaban J connectivity index is 2.07. The summed E-state index contributed by atoms with van der Waals surface area (Å²) in [6.07, 6.45) is 12.0. The first-order valence-electron chi connectivity index (χ1n) is 9.40. The van der Waals surface area contributed by atoms with E-state index >= 15 is 0 Å². The summed E-state index contributed by atoms with van der Waals surface area (Å²) in [5, 5.41) is 19.6. The molecule has 2 rings (SSSR count). The molecule has 0 spiro atoms. The Hall–Kier alpha value is -2.49. The average molecular weight is 370 g/mol. The second kappa shape index (κ2) is 8.47. The van der Waals surface area contributed by atoms with Crippen molar-refractivity contribution < 1.29 is 19.7 Å². The summed E-state index contributed by atoms with van der Waals surface area (Å²) in [7, 11) is 0. The molecule has 4 heteroatoms. The molecule has 0 saturated heterocycles. The number of hydrogen-bond donors (Lipinski definition) is 2. The van der Waals surface area contributed by atoms with Crippen molar-refractivity contribution in [2.45, 2.75) is 65.9 Å². The minimum Gasteiger partial charge on any atom is -0.506 e. The summed E-state index contributed by atoms with van der Waals surface area (Å²) >= 11 is 0. The Morgan fingerprint density at radius 2 is 1.93 bits per heavy atom. The predicted molar refractivity (Wildman–Crippen MR) is 110 cm³/mol. The highest BCUT2D eigenvalue weighted by Crippen LogP contribution is 2.41. The van der Waals surface area contributed by atoms with Crippen molar-refractivity contribution in [3.8, 4) is 11.5 Å². The molecule has 0 aromatic heterocycles. The molecule has 1 heterocycles. The first-order chi connectivity index (χ1) is 12.6. The molecule has 146 valence electrons. The van der Waals surface area contributed by atoms with E-state index in [0.29, 0.717) is 16.9 Å². The summed E-state index contributed by atoms with van der Waals surface area (Å²) in [6.45, 7) is 10.1. The number of aromatic hydroxyl groups is 1. The van der Waals surface area contributed by atoms with Gasteiger partial charge in [-0.1, -0.05) is 23.3 Å². The fourth-order valence-electron chi connectivity index (χ4n) is 3.28. The number of phenols is 1. The number of benzene rings is 1. The molecule has 0 fully saturated rings. The lowest BCUT2D eigenvalue weighted by atomic mass is 9.92. The standard InChI is InChI=1S/C23H30O4/c1-15(2)8-6-9-16(3)10-7-12-23(5)13-11-18-19(27-23)14-17(4)20(21(18)24)22(25)26/h8,10-11,13-14,24H,6-7,9,12H2,1-5H3,(H,25,26)/b16-10-. The van der Waals surface area contributed by atoms with E-state index in [9.17, 15) is 15.0 Å². The van der Waals surface area contributed by atoms with E-state index in [1.807, 2.05) is 13.0 Å². The second-order valence-corrected chi connectivity index (χ2v) is 7.79. The van der Waals surface area contributed by atoms with E-state index < -0.39 is 11.6 Å². The number of carbonyl (C=O) groups is 1. The Bertz CT molecular complexity index is 810. The molecule has 0 bridgehead atoms. The fraction of sp³-hybridized carbons (Fsp3) is 0.435. The molecule has 1 aliphatic heterocycles. The Morgan fingerprint density at radius 1 is 1.22 bits per heavy atom. The van der Waals surface area contributed by atoms with Crippen LogP contribution in [0.15, 0.2) is 35.4 Å². The number of hydrogen-bond acceptors (Lipinski definition) is 3. The molecule has 0 aliphatic carbocycles. The highest BCUT2D eigenvalue weighted by atomic mass is 16.5. The SMILES string of the molecule is CC(C)=CCC/C(C)=C\CCC1(C)C=Cc2c(cc(C)c(C(=O)O)c2O)O1. The van der Waals surface area contributed by atoms with Gasteiger partial charge in [0.15, 0.2) is 0 Å². The van der Waals surface area contributed by atoms with E-state index in [0.717, 1.165) is 25.7 Å². The summed E-state index contributed by atoms with van der Waals surface area (Å²) in [6, 6.07) is 1.70. The molecule has 27 heavy (non-hydrogen) atoms. The number of fused-ring (bicyclic) bond motifs is 1. The van der Waals surface area contributed by atoms with Gasteiger partial charge in [0.1, 0.15) is 22.7 Å². The third-order valence-electron chi connectivity index (χ3n) is 4.88. The molecule has 2 N–H and O–H groups in total. The van der Waals surface area contributed by atoms with Crippen LogP contribution in [0.2, 0.25) is 0 Å². The van der Waals surface area contributed by atoms with Crippen molar-refractivity contribution in [1.82, 2.24) is 0 Å². The van der Waals surface area contributed by atoms with E-state index in [4.69, 9.17) is 4.74 Å². The molecular formula is C23H30O4. The van der Waals surface area contributed by atoms with Crippen LogP contribution in [0.3, 0.4) is 0 Å². The largest absolute Gasteiger partial charge is 0.506 e. The minimum atomic E-state index is -1.14. The van der Waals surface area contributed by atoms with Crippen molar-refractivity contribution in [2.24, 2.45) is 0 Å². The number of carboxylic acid groups (broad SMARTS) is 1. The van der Waals surface area contributed by atoms with E-state index in [1.165, 1.54) is 11.1 Å². The number of rotatable bonds is 7. The molecule has 1 atom stereocenters.